The summed E-state index contributed by atoms with van der Waals surface area (Å²) in [7, 11) is -3.80. The van der Waals surface area contributed by atoms with Crippen molar-refractivity contribution in [3.05, 3.63) is 60.2 Å². The Bertz CT molecular complexity index is 929. The lowest BCUT2D eigenvalue weighted by molar-refractivity contribution is -0.152. The van der Waals surface area contributed by atoms with Crippen molar-refractivity contribution < 1.29 is 31.5 Å². The number of ether oxygens (including phenoxy) is 1. The molecule has 0 bridgehead atoms. The van der Waals surface area contributed by atoms with E-state index in [9.17, 15) is 26.8 Å². The molecule has 1 N–H and O–H groups in total. The molecule has 0 heterocycles. The maximum Gasteiger partial charge on any atom is 0.307 e. The van der Waals surface area contributed by atoms with E-state index in [-0.39, 0.29) is 10.6 Å². The van der Waals surface area contributed by atoms with Gasteiger partial charge in [-0.2, -0.15) is 0 Å². The lowest BCUT2D eigenvalue weighted by Gasteiger charge is -2.14. The van der Waals surface area contributed by atoms with Gasteiger partial charge in [-0.15, -0.1) is 0 Å². The highest BCUT2D eigenvalue weighted by molar-refractivity contribution is 7.91. The zero-order valence-electron chi connectivity index (χ0n) is 14.3. The van der Waals surface area contributed by atoms with Crippen molar-refractivity contribution in [2.45, 2.75) is 24.3 Å². The van der Waals surface area contributed by atoms with E-state index in [1.54, 1.807) is 0 Å². The molecule has 27 heavy (non-hydrogen) atoms. The first kappa shape index (κ1) is 20.5. The number of nitrogens with one attached hydrogen (secondary N) is 1. The maximum absolute atomic E-state index is 13.5. The van der Waals surface area contributed by atoms with Crippen LogP contribution in [0.5, 0.6) is 0 Å². The van der Waals surface area contributed by atoms with Gasteiger partial charge >= 0.3 is 5.97 Å². The number of anilines is 1. The molecule has 0 radical (unpaired) electrons. The number of rotatable bonds is 7. The first-order valence-corrected chi connectivity index (χ1v) is 9.57. The van der Waals surface area contributed by atoms with Gasteiger partial charge < -0.3 is 10.1 Å². The highest BCUT2D eigenvalue weighted by Gasteiger charge is 2.22. The van der Waals surface area contributed by atoms with Crippen LogP contribution in [0.3, 0.4) is 0 Å². The molecule has 0 aromatic heterocycles. The van der Waals surface area contributed by atoms with Crippen LogP contribution in [0.2, 0.25) is 0 Å². The molecule has 144 valence electrons. The monoisotopic (exact) mass is 397 g/mol. The Labute approximate surface area is 155 Å². The SMILES string of the molecule is C[C@@H](OC(=O)CCS(=O)(=O)c1ccc(F)cc1)C(=O)Nc1ccccc1F. The summed E-state index contributed by atoms with van der Waals surface area (Å²) in [6.45, 7) is 1.28. The van der Waals surface area contributed by atoms with Gasteiger partial charge in [0.1, 0.15) is 11.6 Å². The molecule has 9 heteroatoms. The molecule has 2 aromatic rings. The third kappa shape index (κ3) is 5.85. The van der Waals surface area contributed by atoms with E-state index in [1.165, 1.54) is 25.1 Å². The van der Waals surface area contributed by atoms with Crippen LogP contribution in [0.1, 0.15) is 13.3 Å². The third-order valence-electron chi connectivity index (χ3n) is 3.56. The van der Waals surface area contributed by atoms with E-state index in [4.69, 9.17) is 4.74 Å². The summed E-state index contributed by atoms with van der Waals surface area (Å²) in [5.41, 5.74) is -0.0655. The minimum Gasteiger partial charge on any atom is -0.453 e. The fraction of sp³-hybridized carbons (Fsp3) is 0.222. The van der Waals surface area contributed by atoms with Crippen molar-refractivity contribution >= 4 is 27.4 Å². The number of hydrogen-bond acceptors (Lipinski definition) is 5. The molecule has 0 aliphatic rings. The lowest BCUT2D eigenvalue weighted by Crippen LogP contribution is -2.30. The van der Waals surface area contributed by atoms with Gasteiger partial charge in [-0.25, -0.2) is 17.2 Å². The molecule has 0 spiro atoms. The molecule has 6 nitrogen and oxygen atoms in total. The summed E-state index contributed by atoms with van der Waals surface area (Å²) in [5.74, 6) is -3.44. The van der Waals surface area contributed by atoms with Crippen molar-refractivity contribution in [1.82, 2.24) is 0 Å². The summed E-state index contributed by atoms with van der Waals surface area (Å²) < 4.78 is 55.4. The molecule has 1 atom stereocenters. The Balaban J connectivity index is 1.88. The number of para-hydroxylation sites is 1. The third-order valence-corrected chi connectivity index (χ3v) is 5.29. The van der Waals surface area contributed by atoms with Crippen LogP contribution in [-0.2, 0) is 24.2 Å². The highest BCUT2D eigenvalue weighted by atomic mass is 32.2. The van der Waals surface area contributed by atoms with Crippen molar-refractivity contribution in [3.63, 3.8) is 0 Å². The maximum atomic E-state index is 13.5. The number of carbonyl (C=O) groups excluding carboxylic acids is 2. The quantitative estimate of drug-likeness (QED) is 0.573. The average molecular weight is 397 g/mol. The fourth-order valence-corrected chi connectivity index (χ4v) is 3.31. The average Bonchev–Trinajstić information content (AvgIpc) is 2.62. The van der Waals surface area contributed by atoms with Crippen LogP contribution in [0.25, 0.3) is 0 Å². The van der Waals surface area contributed by atoms with Crippen molar-refractivity contribution in [3.8, 4) is 0 Å². The smallest absolute Gasteiger partial charge is 0.307 e. The summed E-state index contributed by atoms with van der Waals surface area (Å²) in [6, 6.07) is 9.68. The number of hydrogen-bond donors (Lipinski definition) is 1. The van der Waals surface area contributed by atoms with Gasteiger partial charge in [0.15, 0.2) is 15.9 Å². The van der Waals surface area contributed by atoms with Gasteiger partial charge in [0, 0.05) is 0 Å². The van der Waals surface area contributed by atoms with Crippen LogP contribution >= 0.6 is 0 Å². The Morgan fingerprint density at radius 3 is 2.33 bits per heavy atom. The minimum absolute atomic E-state index is 0.0655. The van der Waals surface area contributed by atoms with Gasteiger partial charge in [-0.05, 0) is 43.3 Å². The van der Waals surface area contributed by atoms with E-state index in [2.05, 4.69) is 5.32 Å². The van der Waals surface area contributed by atoms with Gasteiger partial charge in [0.05, 0.1) is 22.8 Å². The molecule has 0 aliphatic heterocycles. The number of benzene rings is 2. The first-order valence-electron chi connectivity index (χ1n) is 7.92. The zero-order valence-corrected chi connectivity index (χ0v) is 15.1. The lowest BCUT2D eigenvalue weighted by atomic mass is 10.3. The van der Waals surface area contributed by atoms with Crippen LogP contribution in [0.4, 0.5) is 14.5 Å². The topological polar surface area (TPSA) is 89.5 Å². The molecular formula is C18H17F2NO5S. The molecule has 0 unspecified atom stereocenters. The molecule has 2 aromatic carbocycles. The Hall–Kier alpha value is -2.81. The highest BCUT2D eigenvalue weighted by Crippen LogP contribution is 2.15. The van der Waals surface area contributed by atoms with Crippen molar-refractivity contribution in [2.24, 2.45) is 0 Å². The van der Waals surface area contributed by atoms with E-state index in [1.807, 2.05) is 0 Å². The zero-order chi connectivity index (χ0) is 20.0. The van der Waals surface area contributed by atoms with Gasteiger partial charge in [0.2, 0.25) is 0 Å². The molecule has 0 saturated heterocycles. The summed E-state index contributed by atoms with van der Waals surface area (Å²) in [4.78, 5) is 23.6. The largest absolute Gasteiger partial charge is 0.453 e. The van der Waals surface area contributed by atoms with Gasteiger partial charge in [0.25, 0.3) is 5.91 Å². The number of sulfone groups is 1. The van der Waals surface area contributed by atoms with Crippen molar-refractivity contribution in [2.75, 3.05) is 11.1 Å². The number of halogens is 2. The summed E-state index contributed by atoms with van der Waals surface area (Å²) in [5, 5.41) is 2.27. The van der Waals surface area contributed by atoms with Gasteiger partial charge in [-0.1, -0.05) is 12.1 Å². The second-order valence-corrected chi connectivity index (χ2v) is 7.73. The molecule has 0 aliphatic carbocycles. The first-order chi connectivity index (χ1) is 12.7. The molecule has 2 rings (SSSR count). The molecular weight excluding hydrogens is 380 g/mol. The molecule has 1 amide bonds. The number of amides is 1. The van der Waals surface area contributed by atoms with Crippen molar-refractivity contribution in [1.29, 1.82) is 0 Å². The Morgan fingerprint density at radius 2 is 1.70 bits per heavy atom. The summed E-state index contributed by atoms with van der Waals surface area (Å²) >= 11 is 0. The second-order valence-electron chi connectivity index (χ2n) is 5.62. The van der Waals surface area contributed by atoms with E-state index in [0.29, 0.717) is 0 Å². The Morgan fingerprint density at radius 1 is 1.07 bits per heavy atom. The fourth-order valence-electron chi connectivity index (χ4n) is 2.08. The van der Waals surface area contributed by atoms with E-state index < -0.39 is 51.6 Å². The van der Waals surface area contributed by atoms with Crippen LogP contribution < -0.4 is 5.32 Å². The van der Waals surface area contributed by atoms with Gasteiger partial charge in [-0.3, -0.25) is 9.59 Å². The van der Waals surface area contributed by atoms with Crippen LogP contribution in [0.15, 0.2) is 53.4 Å². The minimum atomic E-state index is -3.80. The second kappa shape index (κ2) is 8.72. The number of carbonyl (C=O) groups is 2. The van der Waals surface area contributed by atoms with E-state index in [0.717, 1.165) is 30.3 Å². The van der Waals surface area contributed by atoms with Crippen LogP contribution in [-0.4, -0.2) is 32.2 Å². The predicted molar refractivity (Wildman–Crippen MR) is 93.7 cm³/mol. The summed E-state index contributed by atoms with van der Waals surface area (Å²) in [6.07, 6.45) is -1.73. The number of esters is 1. The van der Waals surface area contributed by atoms with Crippen LogP contribution in [0, 0.1) is 11.6 Å². The van der Waals surface area contributed by atoms with E-state index >= 15 is 0 Å². The standard InChI is InChI=1S/C18H17F2NO5S/c1-12(18(23)21-16-5-3-2-4-15(16)20)26-17(22)10-11-27(24,25)14-8-6-13(19)7-9-14/h2-9,12H,10-11H2,1H3,(H,21,23)/t12-/m1/s1. The normalized spacial score (nSPS) is 12.3. The predicted octanol–water partition coefficient (Wildman–Crippen LogP) is 2.70. The Kier molecular flexibility index (Phi) is 6.62. The molecule has 0 saturated carbocycles. The molecule has 0 fully saturated rings.